The molecular weight excluding hydrogens is 711 g/mol. The molecule has 0 aliphatic heterocycles. The van der Waals surface area contributed by atoms with Crippen LogP contribution in [0.3, 0.4) is 0 Å². The number of hydrogen-bond donors (Lipinski definition) is 3. The normalized spacial score (nSPS) is 11.8. The number of aliphatic hydroxyl groups excluding tert-OH is 1. The summed E-state index contributed by atoms with van der Waals surface area (Å²) in [4.78, 5) is 64.2. The maximum absolute atomic E-state index is 15.4. The summed E-state index contributed by atoms with van der Waals surface area (Å²) in [5.74, 6) is -2.82. The van der Waals surface area contributed by atoms with Crippen molar-refractivity contribution in [2.45, 2.75) is 44.1 Å². The van der Waals surface area contributed by atoms with Gasteiger partial charge in [-0.2, -0.15) is 0 Å². The van der Waals surface area contributed by atoms with Crippen LogP contribution in [0.25, 0.3) is 0 Å². The molecule has 2 atom stereocenters. The second kappa shape index (κ2) is 20.6. The summed E-state index contributed by atoms with van der Waals surface area (Å²) in [6.45, 7) is -1.08. The van der Waals surface area contributed by atoms with E-state index in [-0.39, 0.29) is 43.5 Å². The maximum atomic E-state index is 15.4. The Bertz CT molecular complexity index is 1940. The Balaban J connectivity index is 1.64. The summed E-state index contributed by atoms with van der Waals surface area (Å²) in [7, 11) is 0. The highest BCUT2D eigenvalue weighted by Crippen LogP contribution is 2.34. The molecule has 1 unspecified atom stereocenters. The van der Waals surface area contributed by atoms with Gasteiger partial charge in [0.2, 0.25) is 5.91 Å². The first kappa shape index (κ1) is 40.4. The topological polar surface area (TPSA) is 178 Å². The highest BCUT2D eigenvalue weighted by Gasteiger charge is 2.45. The predicted octanol–water partition coefficient (Wildman–Crippen LogP) is 6.31. The molecule has 5 aromatic carbocycles. The lowest BCUT2D eigenvalue weighted by molar-refractivity contribution is -0.148. The Kier molecular flexibility index (Phi) is 14.9. The number of carbonyl (C=O) groups excluding carboxylic acids is 4. The number of aliphatic imine (C=N–C) groups is 1. The predicted molar refractivity (Wildman–Crippen MR) is 212 cm³/mol. The van der Waals surface area contributed by atoms with E-state index in [4.69, 9.17) is 20.9 Å². The van der Waals surface area contributed by atoms with Crippen LogP contribution in [0, 0.1) is 0 Å². The van der Waals surface area contributed by atoms with Gasteiger partial charge in [0, 0.05) is 6.54 Å². The number of amides is 4. The zero-order valence-corrected chi connectivity index (χ0v) is 30.8. The van der Waals surface area contributed by atoms with Gasteiger partial charge >= 0.3 is 12.2 Å². The standard InChI is InChI=1S/C44H45N5O7/c45-42(46)47-28-16-27-37(40(51)49(43(53)55-30-32-17-6-1-7-18-32)44(54)56-31-33-19-8-2-9-20-33)48(38(29-50)34-21-10-3-11-22-34)41(52)39(35-23-12-4-13-24-35)36-25-14-5-15-26-36/h1-15,17-26,37-39,50H,16,27-31H2,(H4,45,46,47)/t37-,38?/m1/s1. The summed E-state index contributed by atoms with van der Waals surface area (Å²) in [6, 6.07) is 41.6. The maximum Gasteiger partial charge on any atom is 0.426 e. The summed E-state index contributed by atoms with van der Waals surface area (Å²) in [5.41, 5.74) is 14.2. The van der Waals surface area contributed by atoms with Gasteiger partial charge in [-0.15, -0.1) is 4.90 Å². The van der Waals surface area contributed by atoms with E-state index in [1.54, 1.807) is 140 Å². The van der Waals surface area contributed by atoms with E-state index < -0.39 is 48.6 Å². The van der Waals surface area contributed by atoms with Crippen molar-refractivity contribution in [3.05, 3.63) is 179 Å². The summed E-state index contributed by atoms with van der Waals surface area (Å²) >= 11 is 0. The molecule has 0 fully saturated rings. The van der Waals surface area contributed by atoms with Crippen molar-refractivity contribution in [3.8, 4) is 0 Å². The van der Waals surface area contributed by atoms with Crippen molar-refractivity contribution < 1.29 is 33.8 Å². The van der Waals surface area contributed by atoms with E-state index >= 15 is 9.59 Å². The van der Waals surface area contributed by atoms with Crippen LogP contribution in [0.15, 0.2) is 157 Å². The Morgan fingerprint density at radius 1 is 0.589 bits per heavy atom. The van der Waals surface area contributed by atoms with Crippen molar-refractivity contribution in [3.63, 3.8) is 0 Å². The first-order valence-electron chi connectivity index (χ1n) is 18.2. The van der Waals surface area contributed by atoms with E-state index in [2.05, 4.69) is 4.99 Å². The molecule has 0 bridgehead atoms. The lowest BCUT2D eigenvalue weighted by Gasteiger charge is -2.40. The molecule has 0 aromatic heterocycles. The highest BCUT2D eigenvalue weighted by atomic mass is 16.6. The number of aliphatic hydroxyl groups is 1. The molecule has 0 aliphatic rings. The quantitative estimate of drug-likeness (QED) is 0.0592. The van der Waals surface area contributed by atoms with Crippen molar-refractivity contribution in [1.29, 1.82) is 0 Å². The Morgan fingerprint density at radius 2 is 1.00 bits per heavy atom. The third-order valence-electron chi connectivity index (χ3n) is 9.01. The van der Waals surface area contributed by atoms with Crippen molar-refractivity contribution in [1.82, 2.24) is 9.80 Å². The largest absolute Gasteiger partial charge is 0.444 e. The van der Waals surface area contributed by atoms with Crippen molar-refractivity contribution in [2.75, 3.05) is 13.2 Å². The first-order chi connectivity index (χ1) is 27.3. The average Bonchev–Trinajstić information content (AvgIpc) is 3.23. The van der Waals surface area contributed by atoms with Crippen LogP contribution >= 0.6 is 0 Å². The Morgan fingerprint density at radius 3 is 1.41 bits per heavy atom. The number of hydrogen-bond acceptors (Lipinski definition) is 8. The Hall–Kier alpha value is -6.79. The second-order valence-corrected chi connectivity index (χ2v) is 12.8. The molecule has 0 saturated heterocycles. The molecule has 0 spiro atoms. The lowest BCUT2D eigenvalue weighted by atomic mass is 9.88. The third-order valence-corrected chi connectivity index (χ3v) is 9.01. The number of rotatable bonds is 16. The van der Waals surface area contributed by atoms with Crippen molar-refractivity contribution in [2.24, 2.45) is 16.5 Å². The van der Waals surface area contributed by atoms with Gasteiger partial charge < -0.3 is 30.9 Å². The number of nitrogens with two attached hydrogens (primary N) is 2. The molecule has 0 saturated carbocycles. The summed E-state index contributed by atoms with van der Waals surface area (Å²) < 4.78 is 11.1. The van der Waals surface area contributed by atoms with Gasteiger partial charge in [0.15, 0.2) is 5.96 Å². The fourth-order valence-electron chi connectivity index (χ4n) is 6.32. The van der Waals surface area contributed by atoms with Gasteiger partial charge in [-0.3, -0.25) is 14.6 Å². The number of guanidine groups is 1. The number of benzene rings is 5. The third kappa shape index (κ3) is 10.9. The molecule has 4 amide bonds. The van der Waals surface area contributed by atoms with Gasteiger partial charge in [0.25, 0.3) is 5.91 Å². The number of nitrogens with zero attached hydrogens (tertiary/aromatic N) is 3. The fourth-order valence-corrected chi connectivity index (χ4v) is 6.32. The minimum Gasteiger partial charge on any atom is -0.444 e. The Labute approximate surface area is 326 Å². The first-order valence-corrected chi connectivity index (χ1v) is 18.2. The van der Waals surface area contributed by atoms with Gasteiger partial charge in [-0.25, -0.2) is 9.59 Å². The molecule has 288 valence electrons. The van der Waals surface area contributed by atoms with Gasteiger partial charge in [0.1, 0.15) is 19.3 Å². The van der Waals surface area contributed by atoms with Crippen LogP contribution in [0.5, 0.6) is 0 Å². The van der Waals surface area contributed by atoms with Crippen LogP contribution < -0.4 is 11.5 Å². The number of imide groups is 3. The lowest BCUT2D eigenvalue weighted by Crippen LogP contribution is -2.56. The van der Waals surface area contributed by atoms with E-state index in [1.165, 1.54) is 4.90 Å². The second-order valence-electron chi connectivity index (χ2n) is 12.8. The van der Waals surface area contributed by atoms with Crippen LogP contribution in [-0.4, -0.2) is 64.1 Å². The van der Waals surface area contributed by atoms with E-state index in [0.29, 0.717) is 27.8 Å². The molecule has 0 aliphatic carbocycles. The van der Waals surface area contributed by atoms with Crippen LogP contribution in [0.2, 0.25) is 0 Å². The van der Waals surface area contributed by atoms with E-state index in [0.717, 1.165) is 0 Å². The zero-order chi connectivity index (χ0) is 39.7. The molecule has 5 rings (SSSR count). The van der Waals surface area contributed by atoms with Crippen LogP contribution in [0.4, 0.5) is 9.59 Å². The minimum atomic E-state index is -1.54. The molecule has 0 heterocycles. The highest BCUT2D eigenvalue weighted by molar-refractivity contribution is 6.09. The van der Waals surface area contributed by atoms with E-state index in [1.807, 2.05) is 12.1 Å². The fraction of sp³-hybridized carbons (Fsp3) is 0.205. The monoisotopic (exact) mass is 755 g/mol. The molecule has 12 nitrogen and oxygen atoms in total. The minimum absolute atomic E-state index is 0.0565. The molecule has 5 aromatic rings. The van der Waals surface area contributed by atoms with Crippen LogP contribution in [-0.2, 0) is 32.3 Å². The zero-order valence-electron chi connectivity index (χ0n) is 30.8. The molecule has 0 radical (unpaired) electrons. The van der Waals surface area contributed by atoms with Gasteiger partial charge in [-0.1, -0.05) is 152 Å². The summed E-state index contributed by atoms with van der Waals surface area (Å²) in [6.07, 6.45) is -2.60. The molecular formula is C44H45N5O7. The number of carbonyl (C=O) groups is 4. The molecule has 12 heteroatoms. The van der Waals surface area contributed by atoms with Gasteiger partial charge in [0.05, 0.1) is 18.6 Å². The molecule has 56 heavy (non-hydrogen) atoms. The van der Waals surface area contributed by atoms with E-state index in [9.17, 15) is 14.7 Å². The van der Waals surface area contributed by atoms with Crippen molar-refractivity contribution >= 4 is 30.0 Å². The molecule has 5 N–H and O–H groups in total. The average molecular weight is 756 g/mol. The van der Waals surface area contributed by atoms with Crippen LogP contribution in [0.1, 0.15) is 52.6 Å². The SMILES string of the molecule is NC(N)=NCCC[C@H](C(=O)N(C(=O)OCc1ccccc1)C(=O)OCc1ccccc1)N(C(=O)C(c1ccccc1)c1ccccc1)C(CO)c1ccccc1. The number of ether oxygens (including phenoxy) is 2. The smallest absolute Gasteiger partial charge is 0.426 e. The summed E-state index contributed by atoms with van der Waals surface area (Å²) in [5, 5.41) is 11.1. The van der Waals surface area contributed by atoms with Gasteiger partial charge in [-0.05, 0) is 40.7 Å².